The fourth-order valence-electron chi connectivity index (χ4n) is 1.44. The first-order chi connectivity index (χ1) is 8.06. The number of halogens is 1. The summed E-state index contributed by atoms with van der Waals surface area (Å²) >= 11 is 1.29. The van der Waals surface area contributed by atoms with Gasteiger partial charge in [-0.3, -0.25) is 4.79 Å². The zero-order chi connectivity index (χ0) is 12.4. The lowest BCUT2D eigenvalue weighted by Gasteiger charge is -2.07. The maximum absolute atomic E-state index is 13.1. The van der Waals surface area contributed by atoms with Gasteiger partial charge < -0.3 is 11.1 Å². The van der Waals surface area contributed by atoms with Gasteiger partial charge in [-0.2, -0.15) is 0 Å². The predicted molar refractivity (Wildman–Crippen MR) is 66.2 cm³/mol. The maximum Gasteiger partial charge on any atom is 0.221 e. The fourth-order valence-corrected chi connectivity index (χ4v) is 2.01. The van der Waals surface area contributed by atoms with Crippen molar-refractivity contribution in [2.75, 3.05) is 11.1 Å². The van der Waals surface area contributed by atoms with E-state index < -0.39 is 5.82 Å². The molecule has 0 saturated carbocycles. The molecule has 1 amide bonds. The van der Waals surface area contributed by atoms with Crippen LogP contribution >= 0.6 is 11.3 Å². The number of nitrogens with zero attached hydrogens (tertiary/aromatic N) is 1. The van der Waals surface area contributed by atoms with Crippen LogP contribution < -0.4 is 11.1 Å². The Morgan fingerprint density at radius 1 is 1.53 bits per heavy atom. The molecule has 0 atom stereocenters. The smallest absolute Gasteiger partial charge is 0.221 e. The summed E-state index contributed by atoms with van der Waals surface area (Å²) in [5.74, 6) is -0.680. The Morgan fingerprint density at radius 3 is 2.88 bits per heavy atom. The van der Waals surface area contributed by atoms with E-state index in [0.29, 0.717) is 22.1 Å². The number of nitrogens with one attached hydrogen (secondary N) is 1. The van der Waals surface area contributed by atoms with Crippen molar-refractivity contribution >= 4 is 28.1 Å². The number of amides is 1. The fraction of sp³-hybridized carbons (Fsp3) is 0.0909. The summed E-state index contributed by atoms with van der Waals surface area (Å²) in [5.41, 5.74) is 7.20. The van der Waals surface area contributed by atoms with E-state index in [1.165, 1.54) is 30.4 Å². The molecular formula is C11H10FN3OS. The Bertz CT molecular complexity index is 568. The van der Waals surface area contributed by atoms with Crippen molar-refractivity contribution < 1.29 is 9.18 Å². The number of anilines is 2. The van der Waals surface area contributed by atoms with Gasteiger partial charge in [0, 0.05) is 17.9 Å². The van der Waals surface area contributed by atoms with Gasteiger partial charge in [-0.25, -0.2) is 9.37 Å². The van der Waals surface area contributed by atoms with Crippen molar-refractivity contribution in [3.63, 3.8) is 0 Å². The molecule has 0 saturated heterocycles. The number of aromatic nitrogens is 1. The molecule has 17 heavy (non-hydrogen) atoms. The van der Waals surface area contributed by atoms with Crippen molar-refractivity contribution in [2.45, 2.75) is 6.92 Å². The zero-order valence-electron chi connectivity index (χ0n) is 9.03. The van der Waals surface area contributed by atoms with Crippen LogP contribution in [0.1, 0.15) is 6.92 Å². The Labute approximate surface area is 101 Å². The number of carbonyl (C=O) groups excluding carboxylic acids is 1. The first kappa shape index (κ1) is 11.5. The molecule has 1 aromatic heterocycles. The van der Waals surface area contributed by atoms with Crippen LogP contribution in [-0.4, -0.2) is 10.9 Å². The second-order valence-electron chi connectivity index (χ2n) is 3.44. The van der Waals surface area contributed by atoms with Gasteiger partial charge in [0.15, 0.2) is 5.13 Å². The van der Waals surface area contributed by atoms with Crippen molar-refractivity contribution in [3.05, 3.63) is 29.4 Å². The number of rotatable bonds is 2. The predicted octanol–water partition coefficient (Wildman–Crippen LogP) is 2.49. The summed E-state index contributed by atoms with van der Waals surface area (Å²) in [6.45, 7) is 1.37. The molecule has 0 unspecified atom stereocenters. The number of nitrogen functional groups attached to an aromatic ring is 1. The molecule has 2 aromatic rings. The van der Waals surface area contributed by atoms with Crippen molar-refractivity contribution in [2.24, 2.45) is 0 Å². The highest BCUT2D eigenvalue weighted by atomic mass is 32.1. The summed E-state index contributed by atoms with van der Waals surface area (Å²) in [7, 11) is 0. The van der Waals surface area contributed by atoms with E-state index in [1.54, 1.807) is 11.4 Å². The normalized spacial score (nSPS) is 10.2. The van der Waals surface area contributed by atoms with Gasteiger partial charge in [-0.05, 0) is 18.2 Å². The van der Waals surface area contributed by atoms with Gasteiger partial charge in [0.2, 0.25) is 5.91 Å². The highest BCUT2D eigenvalue weighted by molar-refractivity contribution is 7.13. The molecule has 2 rings (SSSR count). The molecule has 6 heteroatoms. The molecule has 1 heterocycles. The van der Waals surface area contributed by atoms with Crippen molar-refractivity contribution in [1.82, 2.24) is 4.98 Å². The van der Waals surface area contributed by atoms with E-state index in [9.17, 15) is 9.18 Å². The minimum absolute atomic E-state index is 0.264. The van der Waals surface area contributed by atoms with Crippen LogP contribution in [-0.2, 0) is 4.79 Å². The van der Waals surface area contributed by atoms with Crippen LogP contribution in [0.2, 0.25) is 0 Å². The summed E-state index contributed by atoms with van der Waals surface area (Å²) in [4.78, 5) is 15.1. The maximum atomic E-state index is 13.1. The van der Waals surface area contributed by atoms with Gasteiger partial charge >= 0.3 is 0 Å². The molecule has 0 aliphatic rings. The Kier molecular flexibility index (Phi) is 3.06. The third-order valence-electron chi connectivity index (χ3n) is 2.09. The van der Waals surface area contributed by atoms with E-state index in [2.05, 4.69) is 10.3 Å². The first-order valence-corrected chi connectivity index (χ1v) is 5.73. The van der Waals surface area contributed by atoms with Crippen LogP contribution in [0.15, 0.2) is 23.6 Å². The Morgan fingerprint density at radius 2 is 2.29 bits per heavy atom. The minimum atomic E-state index is -0.416. The lowest BCUT2D eigenvalue weighted by molar-refractivity contribution is -0.114. The average molecular weight is 251 g/mol. The number of thiazole rings is 1. The first-order valence-electron chi connectivity index (χ1n) is 4.85. The molecule has 0 radical (unpaired) electrons. The molecule has 1 aromatic carbocycles. The lowest BCUT2D eigenvalue weighted by Crippen LogP contribution is -2.07. The minimum Gasteiger partial charge on any atom is -0.375 e. The largest absolute Gasteiger partial charge is 0.375 e. The van der Waals surface area contributed by atoms with Crippen LogP contribution in [0.25, 0.3) is 11.3 Å². The molecule has 0 aliphatic carbocycles. The number of nitrogens with two attached hydrogens (primary N) is 1. The van der Waals surface area contributed by atoms with Crippen LogP contribution in [0.5, 0.6) is 0 Å². The van der Waals surface area contributed by atoms with E-state index in [-0.39, 0.29) is 5.91 Å². The topological polar surface area (TPSA) is 68.0 Å². The summed E-state index contributed by atoms with van der Waals surface area (Å²) in [6, 6.07) is 4.14. The highest BCUT2D eigenvalue weighted by Gasteiger charge is 2.10. The molecule has 0 aliphatic heterocycles. The van der Waals surface area contributed by atoms with Crippen LogP contribution in [0.3, 0.4) is 0 Å². The second kappa shape index (κ2) is 4.50. The lowest BCUT2D eigenvalue weighted by atomic mass is 10.1. The molecule has 0 fully saturated rings. The second-order valence-corrected chi connectivity index (χ2v) is 4.33. The Balaban J connectivity index is 2.49. The molecule has 0 bridgehead atoms. The van der Waals surface area contributed by atoms with E-state index in [1.807, 2.05) is 0 Å². The van der Waals surface area contributed by atoms with Crippen molar-refractivity contribution in [1.29, 1.82) is 0 Å². The van der Waals surface area contributed by atoms with Gasteiger partial charge in [-0.15, -0.1) is 11.3 Å². The molecule has 88 valence electrons. The molecule has 0 spiro atoms. The number of hydrogen-bond donors (Lipinski definition) is 2. The molecular weight excluding hydrogens is 241 g/mol. The quantitative estimate of drug-likeness (QED) is 0.861. The Hall–Kier alpha value is -1.95. The third-order valence-corrected chi connectivity index (χ3v) is 2.76. The summed E-state index contributed by atoms with van der Waals surface area (Å²) in [6.07, 6.45) is 0. The van der Waals surface area contributed by atoms with E-state index in [0.717, 1.165) is 0 Å². The molecule has 3 N–H and O–H groups in total. The zero-order valence-corrected chi connectivity index (χ0v) is 9.84. The number of benzene rings is 1. The highest BCUT2D eigenvalue weighted by Crippen LogP contribution is 2.30. The molecule has 4 nitrogen and oxygen atoms in total. The van der Waals surface area contributed by atoms with Gasteiger partial charge in [0.25, 0.3) is 0 Å². The van der Waals surface area contributed by atoms with E-state index >= 15 is 0 Å². The van der Waals surface area contributed by atoms with Crippen molar-refractivity contribution in [3.8, 4) is 11.3 Å². The SMILES string of the molecule is CC(=O)Nc1cc(F)ccc1-c1csc(N)n1. The van der Waals surface area contributed by atoms with E-state index in [4.69, 9.17) is 5.73 Å². The third kappa shape index (κ3) is 2.59. The van der Waals surface area contributed by atoms with Gasteiger partial charge in [-0.1, -0.05) is 0 Å². The standard InChI is InChI=1S/C11H10FN3OS/c1-6(16)14-9-4-7(12)2-3-8(9)10-5-17-11(13)15-10/h2-5H,1H3,(H2,13,15)(H,14,16). The summed E-state index contributed by atoms with van der Waals surface area (Å²) < 4.78 is 13.1. The number of hydrogen-bond acceptors (Lipinski definition) is 4. The number of carbonyl (C=O) groups is 1. The van der Waals surface area contributed by atoms with Crippen LogP contribution in [0, 0.1) is 5.82 Å². The van der Waals surface area contributed by atoms with Crippen LogP contribution in [0.4, 0.5) is 15.2 Å². The summed E-state index contributed by atoms with van der Waals surface area (Å²) in [5, 5.41) is 4.75. The van der Waals surface area contributed by atoms with Gasteiger partial charge in [0.05, 0.1) is 11.4 Å². The monoisotopic (exact) mass is 251 g/mol. The van der Waals surface area contributed by atoms with Gasteiger partial charge in [0.1, 0.15) is 5.82 Å². The average Bonchev–Trinajstić information content (AvgIpc) is 2.64.